The molecule has 1 heterocycles. The van der Waals surface area contributed by atoms with Gasteiger partial charge in [-0.25, -0.2) is 17.9 Å². The van der Waals surface area contributed by atoms with Gasteiger partial charge in [0.05, 0.1) is 16.9 Å². The third-order valence-corrected chi connectivity index (χ3v) is 5.14. The van der Waals surface area contributed by atoms with Crippen molar-refractivity contribution in [3.05, 3.63) is 35.0 Å². The van der Waals surface area contributed by atoms with Gasteiger partial charge in [0, 0.05) is 6.04 Å². The molecule has 3 atom stereocenters. The van der Waals surface area contributed by atoms with E-state index in [1.807, 2.05) is 6.92 Å². The van der Waals surface area contributed by atoms with E-state index in [-0.39, 0.29) is 9.80 Å². The summed E-state index contributed by atoms with van der Waals surface area (Å²) in [5, 5.41) is 21.6. The lowest BCUT2D eigenvalue weighted by molar-refractivity contribution is -0.741. The molecule has 132 valence electrons. The number of sulfonamides is 1. The zero-order valence-electron chi connectivity index (χ0n) is 13.3. The Bertz CT molecular complexity index is 758. The lowest BCUT2D eigenvalue weighted by Crippen LogP contribution is -2.48. The van der Waals surface area contributed by atoms with Crippen LogP contribution in [0.1, 0.15) is 12.5 Å². The first-order valence-corrected chi connectivity index (χ1v) is 8.52. The molecule has 0 aromatic heterocycles. The number of methoxy groups -OCH3 is 1. The Balaban J connectivity index is 2.15. The highest BCUT2D eigenvalue weighted by Crippen LogP contribution is 2.18. The van der Waals surface area contributed by atoms with Crippen molar-refractivity contribution in [3.8, 4) is 0 Å². The first-order chi connectivity index (χ1) is 11.2. The maximum Gasteiger partial charge on any atom is 0.407 e. The quantitative estimate of drug-likeness (QED) is 0.534. The second-order valence-corrected chi connectivity index (χ2v) is 7.09. The smallest absolute Gasteiger partial charge is 0.407 e. The highest BCUT2D eigenvalue weighted by Gasteiger charge is 2.47. The van der Waals surface area contributed by atoms with Crippen LogP contribution in [0.3, 0.4) is 0 Å². The van der Waals surface area contributed by atoms with Crippen LogP contribution in [0.4, 0.5) is 0 Å². The molecule has 2 N–H and O–H groups in total. The zero-order valence-corrected chi connectivity index (χ0v) is 14.1. The lowest BCUT2D eigenvalue weighted by atomic mass is 10.0. The molecule has 0 aliphatic carbocycles. The van der Waals surface area contributed by atoms with Gasteiger partial charge in [0.25, 0.3) is 0 Å². The summed E-state index contributed by atoms with van der Waals surface area (Å²) in [5.74, 6) is -1.05. The molecule has 1 aliphatic heterocycles. The van der Waals surface area contributed by atoms with E-state index < -0.39 is 40.0 Å². The summed E-state index contributed by atoms with van der Waals surface area (Å²) in [7, 11) is -2.84. The van der Waals surface area contributed by atoms with Crippen molar-refractivity contribution in [1.82, 2.24) is 4.72 Å². The number of aliphatic hydroxyl groups is 1. The monoisotopic (exact) mass is 358 g/mol. The standard InChI is InChI=1S/C14H18N2O7S/c1-8-4-6-10(7-5-8)24(20,21)15-9(2)13-12(17)11(14(18)22-3)16(19)23-13/h4-7,9,12-13,15,17H,1-3H3/t9-,12?,13+/m0/s1. The van der Waals surface area contributed by atoms with Crippen molar-refractivity contribution in [2.45, 2.75) is 37.0 Å². The number of nitrogens with one attached hydrogen (secondary N) is 1. The first kappa shape index (κ1) is 18.2. The number of benzene rings is 1. The number of rotatable bonds is 5. The number of hydrogen-bond donors (Lipinski definition) is 2. The summed E-state index contributed by atoms with van der Waals surface area (Å²) >= 11 is 0. The number of carbonyl (C=O) groups is 1. The molecule has 24 heavy (non-hydrogen) atoms. The summed E-state index contributed by atoms with van der Waals surface area (Å²) in [6.07, 6.45) is -2.89. The predicted octanol–water partition coefficient (Wildman–Crippen LogP) is -0.539. The van der Waals surface area contributed by atoms with Crippen LogP contribution in [0, 0.1) is 12.1 Å². The van der Waals surface area contributed by atoms with E-state index in [1.54, 1.807) is 12.1 Å². The molecule has 2 rings (SSSR count). The fraction of sp³-hybridized carbons (Fsp3) is 0.429. The molecule has 1 aliphatic rings. The van der Waals surface area contributed by atoms with E-state index in [0.29, 0.717) is 0 Å². The van der Waals surface area contributed by atoms with Gasteiger partial charge in [0.1, 0.15) is 6.10 Å². The highest BCUT2D eigenvalue weighted by molar-refractivity contribution is 7.89. The van der Waals surface area contributed by atoms with Crippen LogP contribution < -0.4 is 4.72 Å². The van der Waals surface area contributed by atoms with Gasteiger partial charge in [0.15, 0.2) is 6.10 Å². The summed E-state index contributed by atoms with van der Waals surface area (Å²) in [4.78, 5) is 16.2. The van der Waals surface area contributed by atoms with Crippen molar-refractivity contribution in [2.24, 2.45) is 0 Å². The molecule has 9 nitrogen and oxygen atoms in total. The molecule has 0 fully saturated rings. The minimum Gasteiger partial charge on any atom is -0.461 e. The van der Waals surface area contributed by atoms with E-state index in [2.05, 4.69) is 9.46 Å². The van der Waals surface area contributed by atoms with Crippen LogP contribution >= 0.6 is 0 Å². The first-order valence-electron chi connectivity index (χ1n) is 7.03. The molecule has 0 saturated heterocycles. The zero-order chi connectivity index (χ0) is 18.1. The molecule has 1 aromatic carbocycles. The summed E-state index contributed by atoms with van der Waals surface area (Å²) in [6, 6.07) is 5.17. The molecule has 10 heteroatoms. The van der Waals surface area contributed by atoms with E-state index in [0.717, 1.165) is 12.7 Å². The Kier molecular flexibility index (Phi) is 5.11. The highest BCUT2D eigenvalue weighted by atomic mass is 32.2. The SMILES string of the molecule is COC(=O)C1=[N+]([O-])O[C@H]([C@H](C)NS(=O)(=O)c2ccc(C)cc2)C1O. The molecule has 0 saturated carbocycles. The van der Waals surface area contributed by atoms with Crippen LogP contribution in [0.2, 0.25) is 0 Å². The Morgan fingerprint density at radius 3 is 2.54 bits per heavy atom. The van der Waals surface area contributed by atoms with E-state index >= 15 is 0 Å². The Morgan fingerprint density at radius 2 is 2.00 bits per heavy atom. The van der Waals surface area contributed by atoms with Gasteiger partial charge in [-0.15, -0.1) is 0 Å². The van der Waals surface area contributed by atoms with Gasteiger partial charge >= 0.3 is 11.7 Å². The minimum atomic E-state index is -3.89. The second kappa shape index (κ2) is 6.75. The maximum absolute atomic E-state index is 12.3. The summed E-state index contributed by atoms with van der Waals surface area (Å²) in [6.45, 7) is 3.23. The second-order valence-electron chi connectivity index (χ2n) is 5.37. The van der Waals surface area contributed by atoms with Crippen LogP contribution in [0.25, 0.3) is 0 Å². The number of ether oxygens (including phenoxy) is 1. The largest absolute Gasteiger partial charge is 0.461 e. The van der Waals surface area contributed by atoms with Gasteiger partial charge in [-0.1, -0.05) is 17.7 Å². The minimum absolute atomic E-state index is 0.0311. The molecule has 1 unspecified atom stereocenters. The van der Waals surface area contributed by atoms with Crippen molar-refractivity contribution < 1.29 is 32.8 Å². The van der Waals surface area contributed by atoms with E-state index in [4.69, 9.17) is 4.84 Å². The molecule has 0 amide bonds. The van der Waals surface area contributed by atoms with Crippen LogP contribution in [-0.2, 0) is 24.4 Å². The summed E-state index contributed by atoms with van der Waals surface area (Å²) < 4.78 is 31.4. The van der Waals surface area contributed by atoms with E-state index in [9.17, 15) is 23.5 Å². The van der Waals surface area contributed by atoms with Crippen molar-refractivity contribution in [2.75, 3.05) is 7.11 Å². The normalized spacial score (nSPS) is 22.2. The Morgan fingerprint density at radius 1 is 1.42 bits per heavy atom. The number of aliphatic hydroxyl groups excluding tert-OH is 1. The van der Waals surface area contributed by atoms with Crippen molar-refractivity contribution >= 4 is 21.7 Å². The Labute approximate surface area is 139 Å². The predicted molar refractivity (Wildman–Crippen MR) is 82.5 cm³/mol. The molecule has 0 spiro atoms. The number of esters is 1. The third-order valence-electron chi connectivity index (χ3n) is 3.57. The molecular weight excluding hydrogens is 340 g/mol. The van der Waals surface area contributed by atoms with Crippen LogP contribution in [-0.4, -0.2) is 55.5 Å². The third kappa shape index (κ3) is 3.50. The van der Waals surface area contributed by atoms with Crippen molar-refractivity contribution in [1.29, 1.82) is 0 Å². The van der Waals surface area contributed by atoms with Gasteiger partial charge < -0.3 is 14.7 Å². The molecular formula is C14H18N2O7S. The van der Waals surface area contributed by atoms with Crippen LogP contribution in [0.15, 0.2) is 29.2 Å². The molecule has 0 radical (unpaired) electrons. The van der Waals surface area contributed by atoms with Crippen molar-refractivity contribution in [3.63, 3.8) is 0 Å². The molecule has 1 aromatic rings. The Hall–Kier alpha value is -2.17. The fourth-order valence-electron chi connectivity index (χ4n) is 2.25. The fourth-order valence-corrected chi connectivity index (χ4v) is 3.50. The number of nitrogens with zero attached hydrogens (tertiary/aromatic N) is 1. The number of aryl methyl sites for hydroxylation is 1. The maximum atomic E-state index is 12.3. The number of carbonyl (C=O) groups excluding carboxylic acids is 1. The van der Waals surface area contributed by atoms with Crippen LogP contribution in [0.5, 0.6) is 0 Å². The van der Waals surface area contributed by atoms with Gasteiger partial charge in [-0.2, -0.15) is 0 Å². The average Bonchev–Trinajstić information content (AvgIpc) is 2.81. The lowest BCUT2D eigenvalue weighted by Gasteiger charge is -2.23. The average molecular weight is 358 g/mol. The number of hydrogen-bond acceptors (Lipinski definition) is 7. The molecule has 0 bridgehead atoms. The van der Waals surface area contributed by atoms with Gasteiger partial charge in [0.2, 0.25) is 10.0 Å². The van der Waals surface area contributed by atoms with E-state index in [1.165, 1.54) is 19.1 Å². The summed E-state index contributed by atoms with van der Waals surface area (Å²) in [5.41, 5.74) is 0.264. The van der Waals surface area contributed by atoms with Gasteiger partial charge in [-0.3, -0.25) is 5.21 Å². The topological polar surface area (TPSA) is 128 Å². The van der Waals surface area contributed by atoms with Gasteiger partial charge in [-0.05, 0) is 26.0 Å².